The van der Waals surface area contributed by atoms with Crippen LogP contribution >= 0.6 is 0 Å². The Morgan fingerprint density at radius 2 is 1.94 bits per heavy atom. The number of nitrogens with one attached hydrogen (secondary N) is 2. The first-order valence-electron chi connectivity index (χ1n) is 5.84. The van der Waals surface area contributed by atoms with Crippen LogP contribution in [0.2, 0.25) is 0 Å². The molecule has 0 aromatic rings. The van der Waals surface area contributed by atoms with E-state index in [4.69, 9.17) is 4.74 Å². The van der Waals surface area contributed by atoms with E-state index < -0.39 is 10.0 Å². The van der Waals surface area contributed by atoms with Gasteiger partial charge in [0.15, 0.2) is 0 Å². The Labute approximate surface area is 109 Å². The average molecular weight is 281 g/mol. The number of ether oxygens (including phenoxy) is 1. The van der Waals surface area contributed by atoms with E-state index >= 15 is 0 Å². The molecule has 0 atom stereocenters. The Balaban J connectivity index is 3.72. The van der Waals surface area contributed by atoms with Crippen LogP contribution in [0.3, 0.4) is 0 Å². The number of hydrogen-bond acceptors (Lipinski definition) is 5. The lowest BCUT2D eigenvalue weighted by Gasteiger charge is -2.15. The summed E-state index contributed by atoms with van der Waals surface area (Å²) in [7, 11) is -0.279. The lowest BCUT2D eigenvalue weighted by Crippen LogP contribution is -2.41. The molecule has 0 aromatic heterocycles. The van der Waals surface area contributed by atoms with Gasteiger partial charge < -0.3 is 15.4 Å². The number of sulfonamides is 1. The smallest absolute Gasteiger partial charge is 0.235 e. The highest BCUT2D eigenvalue weighted by atomic mass is 32.2. The van der Waals surface area contributed by atoms with Gasteiger partial charge in [-0.15, -0.1) is 0 Å². The van der Waals surface area contributed by atoms with E-state index in [0.717, 1.165) is 10.8 Å². The Bertz CT molecular complexity index is 332. The summed E-state index contributed by atoms with van der Waals surface area (Å²) in [5.74, 6) is -0.307. The van der Waals surface area contributed by atoms with E-state index in [1.807, 2.05) is 0 Å². The summed E-state index contributed by atoms with van der Waals surface area (Å²) in [5.41, 5.74) is 0. The minimum Gasteiger partial charge on any atom is -0.383 e. The third-order valence-electron chi connectivity index (χ3n) is 2.31. The molecule has 108 valence electrons. The molecule has 2 N–H and O–H groups in total. The molecule has 0 saturated heterocycles. The molecular weight excluding hydrogens is 258 g/mol. The highest BCUT2D eigenvalue weighted by Crippen LogP contribution is 1.95. The predicted molar refractivity (Wildman–Crippen MR) is 69.8 cm³/mol. The van der Waals surface area contributed by atoms with Crippen molar-refractivity contribution in [3.8, 4) is 0 Å². The van der Waals surface area contributed by atoms with Crippen LogP contribution in [0.1, 0.15) is 6.92 Å². The summed E-state index contributed by atoms with van der Waals surface area (Å²) in [5, 5.41) is 5.70. The first-order valence-corrected chi connectivity index (χ1v) is 7.45. The molecule has 0 saturated carbocycles. The fourth-order valence-corrected chi connectivity index (χ4v) is 1.92. The summed E-state index contributed by atoms with van der Waals surface area (Å²) in [4.78, 5) is 11.4. The summed E-state index contributed by atoms with van der Waals surface area (Å²) >= 11 is 0. The Morgan fingerprint density at radius 3 is 2.50 bits per heavy atom. The van der Waals surface area contributed by atoms with Crippen molar-refractivity contribution in [3.63, 3.8) is 0 Å². The summed E-state index contributed by atoms with van der Waals surface area (Å²) in [6, 6.07) is 0. The Hall–Kier alpha value is -0.700. The van der Waals surface area contributed by atoms with E-state index in [1.165, 1.54) is 7.05 Å². The van der Waals surface area contributed by atoms with Crippen molar-refractivity contribution in [1.82, 2.24) is 14.9 Å². The highest BCUT2D eigenvalue weighted by molar-refractivity contribution is 7.89. The number of rotatable bonds is 10. The Morgan fingerprint density at radius 1 is 1.28 bits per heavy atom. The SMILES string of the molecule is CCS(=O)(=O)N(C)CC(=O)NCCNCCOC. The lowest BCUT2D eigenvalue weighted by molar-refractivity contribution is -0.121. The van der Waals surface area contributed by atoms with Crippen molar-refractivity contribution in [3.05, 3.63) is 0 Å². The highest BCUT2D eigenvalue weighted by Gasteiger charge is 2.17. The second-order valence-corrected chi connectivity index (χ2v) is 6.11. The number of hydrogen-bond donors (Lipinski definition) is 2. The zero-order valence-corrected chi connectivity index (χ0v) is 12.0. The molecule has 1 amide bonds. The third-order valence-corrected chi connectivity index (χ3v) is 4.12. The number of carbonyl (C=O) groups excluding carboxylic acids is 1. The second-order valence-electron chi connectivity index (χ2n) is 3.75. The molecule has 0 aliphatic heterocycles. The predicted octanol–water partition coefficient (Wildman–Crippen LogP) is -1.38. The maximum Gasteiger partial charge on any atom is 0.235 e. The fraction of sp³-hybridized carbons (Fsp3) is 0.900. The average Bonchev–Trinajstić information content (AvgIpc) is 2.33. The standard InChI is InChI=1S/C10H23N3O4S/c1-4-18(15,16)13(2)9-10(14)12-6-5-11-7-8-17-3/h11H,4-9H2,1-3H3,(H,12,14). The fourth-order valence-electron chi connectivity index (χ4n) is 1.17. The van der Waals surface area contributed by atoms with Crippen LogP contribution in [0.5, 0.6) is 0 Å². The largest absolute Gasteiger partial charge is 0.383 e. The number of methoxy groups -OCH3 is 1. The molecule has 8 heteroatoms. The van der Waals surface area contributed by atoms with E-state index in [2.05, 4.69) is 10.6 Å². The van der Waals surface area contributed by atoms with Crippen molar-refractivity contribution in [1.29, 1.82) is 0 Å². The molecule has 0 spiro atoms. The van der Waals surface area contributed by atoms with Gasteiger partial charge in [-0.1, -0.05) is 0 Å². The van der Waals surface area contributed by atoms with Crippen LogP contribution in [-0.4, -0.2) is 71.3 Å². The molecular formula is C10H23N3O4S. The first-order chi connectivity index (χ1) is 8.44. The molecule has 0 aliphatic carbocycles. The molecule has 0 bridgehead atoms. The van der Waals surface area contributed by atoms with Gasteiger partial charge in [0.25, 0.3) is 0 Å². The van der Waals surface area contributed by atoms with Crippen molar-refractivity contribution < 1.29 is 17.9 Å². The van der Waals surface area contributed by atoms with Crippen LogP contribution < -0.4 is 10.6 Å². The van der Waals surface area contributed by atoms with Gasteiger partial charge in [0, 0.05) is 33.8 Å². The molecule has 18 heavy (non-hydrogen) atoms. The number of amides is 1. The van der Waals surface area contributed by atoms with Gasteiger partial charge in [-0.2, -0.15) is 4.31 Å². The topological polar surface area (TPSA) is 87.7 Å². The zero-order valence-electron chi connectivity index (χ0n) is 11.2. The van der Waals surface area contributed by atoms with Crippen LogP contribution in [0.25, 0.3) is 0 Å². The second kappa shape index (κ2) is 9.26. The molecule has 0 aliphatic rings. The quantitative estimate of drug-likeness (QED) is 0.482. The van der Waals surface area contributed by atoms with Crippen LogP contribution in [0.15, 0.2) is 0 Å². The molecule has 0 aromatic carbocycles. The lowest BCUT2D eigenvalue weighted by atomic mass is 10.5. The van der Waals surface area contributed by atoms with E-state index in [1.54, 1.807) is 14.0 Å². The normalized spacial score (nSPS) is 11.8. The number of nitrogens with zero attached hydrogens (tertiary/aromatic N) is 1. The molecule has 0 rings (SSSR count). The first kappa shape index (κ1) is 17.3. The van der Waals surface area contributed by atoms with E-state index in [9.17, 15) is 13.2 Å². The van der Waals surface area contributed by atoms with Crippen molar-refractivity contribution in [2.45, 2.75) is 6.92 Å². The maximum atomic E-state index is 11.4. The number of likely N-dealkylation sites (N-methyl/N-ethyl adjacent to an activating group) is 1. The molecule has 0 fully saturated rings. The van der Waals surface area contributed by atoms with Crippen LogP contribution in [0.4, 0.5) is 0 Å². The van der Waals surface area contributed by atoms with Crippen LogP contribution in [-0.2, 0) is 19.6 Å². The summed E-state index contributed by atoms with van der Waals surface area (Å²) in [6.45, 7) is 3.82. The van der Waals surface area contributed by atoms with Gasteiger partial charge in [-0.05, 0) is 6.92 Å². The molecule has 0 unspecified atom stereocenters. The minimum absolute atomic E-state index is 0.00461. The van der Waals surface area contributed by atoms with Gasteiger partial charge in [0.1, 0.15) is 0 Å². The summed E-state index contributed by atoms with van der Waals surface area (Å²) < 4.78 is 28.7. The molecule has 7 nitrogen and oxygen atoms in total. The Kier molecular flexibility index (Phi) is 8.90. The summed E-state index contributed by atoms with van der Waals surface area (Å²) in [6.07, 6.45) is 0. The van der Waals surface area contributed by atoms with Gasteiger partial charge in [-0.3, -0.25) is 4.79 Å². The van der Waals surface area contributed by atoms with Crippen molar-refractivity contribution in [2.75, 3.05) is 52.7 Å². The molecule has 0 heterocycles. The monoisotopic (exact) mass is 281 g/mol. The maximum absolute atomic E-state index is 11.4. The van der Waals surface area contributed by atoms with Gasteiger partial charge in [0.05, 0.1) is 18.9 Å². The van der Waals surface area contributed by atoms with E-state index in [0.29, 0.717) is 19.7 Å². The van der Waals surface area contributed by atoms with Gasteiger partial charge in [-0.25, -0.2) is 8.42 Å². The van der Waals surface area contributed by atoms with Gasteiger partial charge >= 0.3 is 0 Å². The number of carbonyl (C=O) groups is 1. The van der Waals surface area contributed by atoms with E-state index in [-0.39, 0.29) is 18.2 Å². The van der Waals surface area contributed by atoms with Crippen molar-refractivity contribution >= 4 is 15.9 Å². The van der Waals surface area contributed by atoms with Crippen molar-refractivity contribution in [2.24, 2.45) is 0 Å². The minimum atomic E-state index is -3.30. The zero-order chi connectivity index (χ0) is 14.0. The van der Waals surface area contributed by atoms with Crippen LogP contribution in [0, 0.1) is 0 Å². The molecule has 0 radical (unpaired) electrons. The van der Waals surface area contributed by atoms with Gasteiger partial charge in [0.2, 0.25) is 15.9 Å². The third kappa shape index (κ3) is 7.59.